The van der Waals surface area contributed by atoms with Gasteiger partial charge in [0.05, 0.1) is 12.3 Å². The van der Waals surface area contributed by atoms with Gasteiger partial charge in [-0.15, -0.1) is 0 Å². The van der Waals surface area contributed by atoms with Gasteiger partial charge < -0.3 is 16.2 Å². The van der Waals surface area contributed by atoms with E-state index in [0.717, 1.165) is 18.4 Å². The summed E-state index contributed by atoms with van der Waals surface area (Å²) in [5.41, 5.74) is 7.16. The number of benzene rings is 1. The third-order valence-corrected chi connectivity index (χ3v) is 3.88. The number of nitrogen functional groups attached to an aromatic ring is 1. The first-order valence-corrected chi connectivity index (χ1v) is 6.90. The zero-order chi connectivity index (χ0) is 14.5. The number of rotatable bonds is 5. The molecule has 1 aliphatic carbocycles. The lowest BCUT2D eigenvalue weighted by atomic mass is 9.96. The standard InChI is InChI=1S/C15H20N2O3/c16-12-6-4-10(5-7-12)8-14(18)17-9-11-2-1-3-13(11)15(19)20/h4-7,11,13H,1-3,8-9,16H2,(H,17,18)(H,19,20). The van der Waals surface area contributed by atoms with Crippen LogP contribution in [0, 0.1) is 11.8 Å². The van der Waals surface area contributed by atoms with E-state index in [9.17, 15) is 9.59 Å². The summed E-state index contributed by atoms with van der Waals surface area (Å²) in [6.07, 6.45) is 2.81. The number of carboxylic acids is 1. The molecule has 108 valence electrons. The van der Waals surface area contributed by atoms with E-state index in [2.05, 4.69) is 5.32 Å². The Hall–Kier alpha value is -2.04. The van der Waals surface area contributed by atoms with Crippen LogP contribution in [0.1, 0.15) is 24.8 Å². The fraction of sp³-hybridized carbons (Fsp3) is 0.467. The number of aliphatic carboxylic acids is 1. The van der Waals surface area contributed by atoms with Crippen LogP contribution in [0.2, 0.25) is 0 Å². The summed E-state index contributed by atoms with van der Waals surface area (Å²) in [6, 6.07) is 7.18. The maximum Gasteiger partial charge on any atom is 0.306 e. The van der Waals surface area contributed by atoms with E-state index >= 15 is 0 Å². The average molecular weight is 276 g/mol. The van der Waals surface area contributed by atoms with Gasteiger partial charge in [0, 0.05) is 12.2 Å². The largest absolute Gasteiger partial charge is 0.481 e. The molecule has 0 saturated heterocycles. The molecule has 1 aromatic rings. The van der Waals surface area contributed by atoms with Crippen LogP contribution in [0.15, 0.2) is 24.3 Å². The number of carboxylic acid groups (broad SMARTS) is 1. The van der Waals surface area contributed by atoms with Crippen LogP contribution < -0.4 is 11.1 Å². The molecule has 2 rings (SSSR count). The molecule has 5 nitrogen and oxygen atoms in total. The molecule has 0 bridgehead atoms. The molecule has 1 amide bonds. The molecule has 2 atom stereocenters. The highest BCUT2D eigenvalue weighted by atomic mass is 16.4. The highest BCUT2D eigenvalue weighted by Crippen LogP contribution is 2.31. The summed E-state index contributed by atoms with van der Waals surface area (Å²) in [7, 11) is 0. The van der Waals surface area contributed by atoms with E-state index in [1.165, 1.54) is 0 Å². The summed E-state index contributed by atoms with van der Waals surface area (Å²) >= 11 is 0. The molecule has 0 radical (unpaired) electrons. The number of amides is 1. The summed E-state index contributed by atoms with van der Waals surface area (Å²) in [5.74, 6) is -1.08. The van der Waals surface area contributed by atoms with Gasteiger partial charge in [-0.25, -0.2) is 0 Å². The van der Waals surface area contributed by atoms with E-state index in [4.69, 9.17) is 10.8 Å². The van der Waals surface area contributed by atoms with Crippen molar-refractivity contribution in [2.24, 2.45) is 11.8 Å². The number of anilines is 1. The molecule has 4 N–H and O–H groups in total. The Morgan fingerprint density at radius 3 is 2.60 bits per heavy atom. The molecule has 20 heavy (non-hydrogen) atoms. The predicted molar refractivity (Wildman–Crippen MR) is 76.0 cm³/mol. The lowest BCUT2D eigenvalue weighted by molar-refractivity contribution is -0.143. The normalized spacial score (nSPS) is 21.6. The third-order valence-electron chi connectivity index (χ3n) is 3.88. The first kappa shape index (κ1) is 14.4. The van der Waals surface area contributed by atoms with Gasteiger partial charge in [-0.1, -0.05) is 18.6 Å². The second kappa shape index (κ2) is 6.41. The van der Waals surface area contributed by atoms with Gasteiger partial charge >= 0.3 is 5.97 Å². The van der Waals surface area contributed by atoms with Crippen LogP contribution in [0.25, 0.3) is 0 Å². The lowest BCUT2D eigenvalue weighted by Gasteiger charge is -2.16. The highest BCUT2D eigenvalue weighted by Gasteiger charge is 2.32. The first-order valence-electron chi connectivity index (χ1n) is 6.90. The topological polar surface area (TPSA) is 92.4 Å². The first-order chi connectivity index (χ1) is 9.56. The number of carbonyl (C=O) groups excluding carboxylic acids is 1. The molecule has 1 saturated carbocycles. The van der Waals surface area contributed by atoms with Gasteiger partial charge in [0.15, 0.2) is 0 Å². The Balaban J connectivity index is 1.80. The van der Waals surface area contributed by atoms with E-state index in [0.29, 0.717) is 25.1 Å². The quantitative estimate of drug-likeness (QED) is 0.709. The molecule has 0 heterocycles. The molecular formula is C15H20N2O3. The summed E-state index contributed by atoms with van der Waals surface area (Å²) < 4.78 is 0. The summed E-state index contributed by atoms with van der Waals surface area (Å²) in [4.78, 5) is 22.9. The average Bonchev–Trinajstić information content (AvgIpc) is 2.88. The molecule has 5 heteroatoms. The zero-order valence-corrected chi connectivity index (χ0v) is 11.3. The summed E-state index contributed by atoms with van der Waals surface area (Å²) in [5, 5.41) is 11.9. The number of nitrogens with one attached hydrogen (secondary N) is 1. The minimum Gasteiger partial charge on any atom is -0.481 e. The molecule has 0 aliphatic heterocycles. The highest BCUT2D eigenvalue weighted by molar-refractivity contribution is 5.78. The Labute approximate surface area is 118 Å². The Morgan fingerprint density at radius 2 is 1.95 bits per heavy atom. The minimum absolute atomic E-state index is 0.0582. The van der Waals surface area contributed by atoms with Gasteiger partial charge in [-0.05, 0) is 36.5 Å². The Morgan fingerprint density at radius 1 is 1.25 bits per heavy atom. The summed E-state index contributed by atoms with van der Waals surface area (Å²) in [6.45, 7) is 0.449. The zero-order valence-electron chi connectivity index (χ0n) is 11.3. The Kier molecular flexibility index (Phi) is 4.61. The van der Waals surface area contributed by atoms with E-state index in [1.54, 1.807) is 12.1 Å². The van der Waals surface area contributed by atoms with Crippen molar-refractivity contribution >= 4 is 17.6 Å². The fourth-order valence-corrected chi connectivity index (χ4v) is 2.73. The fourth-order valence-electron chi connectivity index (χ4n) is 2.73. The van der Waals surface area contributed by atoms with Crippen LogP contribution in [-0.2, 0) is 16.0 Å². The van der Waals surface area contributed by atoms with Crippen molar-refractivity contribution in [1.29, 1.82) is 0 Å². The minimum atomic E-state index is -0.750. The van der Waals surface area contributed by atoms with Gasteiger partial charge in [0.25, 0.3) is 0 Å². The number of nitrogens with two attached hydrogens (primary N) is 1. The molecular weight excluding hydrogens is 256 g/mol. The van der Waals surface area contributed by atoms with Crippen molar-refractivity contribution in [3.63, 3.8) is 0 Å². The second-order valence-electron chi connectivity index (χ2n) is 5.36. The lowest BCUT2D eigenvalue weighted by Crippen LogP contribution is -2.33. The third kappa shape index (κ3) is 3.73. The van der Waals surface area contributed by atoms with Crippen molar-refractivity contribution in [2.45, 2.75) is 25.7 Å². The molecule has 1 aliphatic rings. The number of hydrogen-bond acceptors (Lipinski definition) is 3. The predicted octanol–water partition coefficient (Wildman–Crippen LogP) is 1.43. The number of hydrogen-bond donors (Lipinski definition) is 3. The number of carbonyl (C=O) groups is 2. The SMILES string of the molecule is Nc1ccc(CC(=O)NCC2CCCC2C(=O)O)cc1. The smallest absolute Gasteiger partial charge is 0.306 e. The molecule has 1 fully saturated rings. The van der Waals surface area contributed by atoms with Crippen molar-refractivity contribution in [2.75, 3.05) is 12.3 Å². The molecule has 1 aromatic carbocycles. The van der Waals surface area contributed by atoms with Gasteiger partial charge in [0.1, 0.15) is 0 Å². The monoisotopic (exact) mass is 276 g/mol. The van der Waals surface area contributed by atoms with E-state index in [-0.39, 0.29) is 17.7 Å². The van der Waals surface area contributed by atoms with Crippen LogP contribution in [0.3, 0.4) is 0 Å². The Bertz CT molecular complexity index is 484. The van der Waals surface area contributed by atoms with E-state index < -0.39 is 5.97 Å². The molecule has 0 aromatic heterocycles. The van der Waals surface area contributed by atoms with Gasteiger partial charge in [-0.2, -0.15) is 0 Å². The van der Waals surface area contributed by atoms with Crippen molar-refractivity contribution in [1.82, 2.24) is 5.32 Å². The van der Waals surface area contributed by atoms with Gasteiger partial charge in [-0.3, -0.25) is 9.59 Å². The van der Waals surface area contributed by atoms with Crippen LogP contribution >= 0.6 is 0 Å². The second-order valence-corrected chi connectivity index (χ2v) is 5.36. The van der Waals surface area contributed by atoms with Gasteiger partial charge in [0.2, 0.25) is 5.91 Å². The molecule has 0 spiro atoms. The van der Waals surface area contributed by atoms with E-state index in [1.807, 2.05) is 12.1 Å². The van der Waals surface area contributed by atoms with Crippen LogP contribution in [0.5, 0.6) is 0 Å². The van der Waals surface area contributed by atoms with Crippen LogP contribution in [0.4, 0.5) is 5.69 Å². The maximum atomic E-state index is 11.8. The maximum absolute atomic E-state index is 11.8. The van der Waals surface area contributed by atoms with Crippen molar-refractivity contribution in [3.05, 3.63) is 29.8 Å². The van der Waals surface area contributed by atoms with Crippen molar-refractivity contribution in [3.8, 4) is 0 Å². The molecule has 2 unspecified atom stereocenters. The van der Waals surface area contributed by atoms with Crippen LogP contribution in [-0.4, -0.2) is 23.5 Å². The van der Waals surface area contributed by atoms with Crippen molar-refractivity contribution < 1.29 is 14.7 Å².